The molecule has 3 N–H and O–H groups in total. The summed E-state index contributed by atoms with van der Waals surface area (Å²) in [4.78, 5) is 27.1. The number of carbonyl (C=O) groups is 2. The van der Waals surface area contributed by atoms with Gasteiger partial charge in [0.05, 0.1) is 15.6 Å². The van der Waals surface area contributed by atoms with Crippen LogP contribution in [-0.2, 0) is 0 Å². The van der Waals surface area contributed by atoms with Crippen LogP contribution in [0.4, 0.5) is 16.4 Å². The number of carbonyl (C=O) groups excluding carboxylic acids is 2. The van der Waals surface area contributed by atoms with Gasteiger partial charge in [-0.05, 0) is 100.0 Å². The minimum absolute atomic E-state index is 0.0675. The average molecular weight is 752 g/mol. The Morgan fingerprint density at radius 2 is 1.36 bits per heavy atom. The largest absolute Gasteiger partial charge is 0.396 e. The first kappa shape index (κ1) is 26.6. The summed E-state index contributed by atoms with van der Waals surface area (Å²) in [7, 11) is 0. The van der Waals surface area contributed by atoms with Gasteiger partial charge in [-0.25, -0.2) is 0 Å². The molecule has 4 aromatic rings. The maximum absolute atomic E-state index is 13.4. The summed E-state index contributed by atoms with van der Waals surface area (Å²) in [6.07, 6.45) is 1.83. The molecule has 2 aromatic heterocycles. The van der Waals surface area contributed by atoms with Gasteiger partial charge in [-0.1, -0.05) is 0 Å². The smallest absolute Gasteiger partial charge is 0.205 e. The second-order valence-electron chi connectivity index (χ2n) is 7.24. The molecule has 0 amide bonds. The highest BCUT2D eigenvalue weighted by Gasteiger charge is 2.28. The molecule has 0 aliphatic carbocycles. The number of thiophene rings is 2. The topological polar surface area (TPSA) is 120 Å². The average Bonchev–Trinajstić information content (AvgIpc) is 3.40. The van der Waals surface area contributed by atoms with Gasteiger partial charge < -0.3 is 11.1 Å². The molecule has 0 atom stereocenters. The van der Waals surface area contributed by atoms with Crippen molar-refractivity contribution in [1.29, 1.82) is 10.5 Å². The summed E-state index contributed by atoms with van der Waals surface area (Å²) in [6.45, 7) is 0. The van der Waals surface area contributed by atoms with Crippen molar-refractivity contribution in [3.05, 3.63) is 87.7 Å². The molecule has 2 aromatic carbocycles. The first-order valence-electron chi connectivity index (χ1n) is 10.1. The maximum Gasteiger partial charge on any atom is 0.205 e. The highest BCUT2D eigenvalue weighted by atomic mass is 127. The Hall–Kier alpha value is -2.43. The van der Waals surface area contributed by atoms with Crippen molar-refractivity contribution >= 4 is 108 Å². The maximum atomic E-state index is 13.4. The monoisotopic (exact) mass is 752 g/mol. The van der Waals surface area contributed by atoms with Crippen molar-refractivity contribution in [3.63, 3.8) is 0 Å². The van der Waals surface area contributed by atoms with Crippen LogP contribution in [0, 0.1) is 29.8 Å². The molecule has 0 aliphatic heterocycles. The number of hydrogen-bond donors (Lipinski definition) is 2. The van der Waals surface area contributed by atoms with Gasteiger partial charge in [0.25, 0.3) is 0 Å². The van der Waals surface area contributed by atoms with E-state index in [0.717, 1.165) is 18.5 Å². The van der Waals surface area contributed by atoms with Gasteiger partial charge in [-0.2, -0.15) is 10.5 Å². The molecule has 6 nitrogen and oxygen atoms in total. The van der Waals surface area contributed by atoms with E-state index >= 15 is 0 Å². The fourth-order valence-corrected chi connectivity index (χ4v) is 6.92. The number of anilines is 3. The number of nitriles is 2. The van der Waals surface area contributed by atoms with Crippen molar-refractivity contribution in [3.8, 4) is 12.1 Å². The SMILES string of the molecule is CSc1sc(C(=O)c2ccc(I)cc2)c(Nc2sc(C(=O)c3ccc(I)cc3)c(N)c2C#N)c1C#N. The van der Waals surface area contributed by atoms with E-state index in [1.165, 1.54) is 23.1 Å². The molecular weight excluding hydrogens is 738 g/mol. The lowest BCUT2D eigenvalue weighted by molar-refractivity contribution is 0.103. The Morgan fingerprint density at radius 1 is 0.861 bits per heavy atom. The Balaban J connectivity index is 1.81. The van der Waals surface area contributed by atoms with E-state index in [1.807, 2.05) is 30.5 Å². The predicted molar refractivity (Wildman–Crippen MR) is 163 cm³/mol. The standard InChI is InChI=1S/C25H14I2N4O2S3/c1-34-25-17(11-29)19(23(36-25)21(33)13-4-8-15(27)9-5-13)31-24-16(10-28)18(30)22(35-24)20(32)12-2-6-14(26)7-3-12/h2-9,31H,30H2,1H3. The lowest BCUT2D eigenvalue weighted by Gasteiger charge is -2.07. The van der Waals surface area contributed by atoms with E-state index < -0.39 is 0 Å². The lowest BCUT2D eigenvalue weighted by atomic mass is 10.1. The normalized spacial score (nSPS) is 10.5. The minimum Gasteiger partial charge on any atom is -0.396 e. The minimum atomic E-state index is -0.302. The van der Waals surface area contributed by atoms with Crippen molar-refractivity contribution in [2.45, 2.75) is 4.21 Å². The Kier molecular flexibility index (Phi) is 8.37. The summed E-state index contributed by atoms with van der Waals surface area (Å²) in [5, 5.41) is 23.2. The van der Waals surface area contributed by atoms with Gasteiger partial charge in [0, 0.05) is 18.3 Å². The lowest BCUT2D eigenvalue weighted by Crippen LogP contribution is -2.03. The van der Waals surface area contributed by atoms with Crippen LogP contribution in [0.3, 0.4) is 0 Å². The molecule has 36 heavy (non-hydrogen) atoms. The third kappa shape index (κ3) is 5.17. The van der Waals surface area contributed by atoms with Crippen LogP contribution >= 0.6 is 79.6 Å². The summed E-state index contributed by atoms with van der Waals surface area (Å²) in [5.74, 6) is -0.543. The molecule has 178 valence electrons. The third-order valence-electron chi connectivity index (χ3n) is 5.09. The highest BCUT2D eigenvalue weighted by molar-refractivity contribution is 14.1. The number of thioether (sulfide) groups is 1. The van der Waals surface area contributed by atoms with E-state index in [1.54, 1.807) is 24.3 Å². The van der Waals surface area contributed by atoms with E-state index in [2.05, 4.69) is 62.6 Å². The third-order valence-corrected chi connectivity index (χ3v) is 9.96. The van der Waals surface area contributed by atoms with Crippen LogP contribution in [0.1, 0.15) is 41.6 Å². The van der Waals surface area contributed by atoms with E-state index in [0.29, 0.717) is 36.5 Å². The highest BCUT2D eigenvalue weighted by Crippen LogP contribution is 2.44. The Labute approximate surface area is 246 Å². The first-order chi connectivity index (χ1) is 17.3. The van der Waals surface area contributed by atoms with Crippen molar-refractivity contribution < 1.29 is 9.59 Å². The van der Waals surface area contributed by atoms with Crippen LogP contribution in [0.2, 0.25) is 0 Å². The summed E-state index contributed by atoms with van der Waals surface area (Å²) >= 11 is 7.93. The quantitative estimate of drug-likeness (QED) is 0.116. The van der Waals surface area contributed by atoms with Gasteiger partial charge in [0.1, 0.15) is 38.0 Å². The van der Waals surface area contributed by atoms with Crippen LogP contribution in [0.15, 0.2) is 52.7 Å². The number of benzene rings is 2. The second-order valence-corrected chi connectivity index (χ2v) is 12.8. The molecule has 0 radical (unpaired) electrons. The molecule has 11 heteroatoms. The molecule has 0 saturated carbocycles. The molecule has 0 aliphatic rings. The molecule has 0 saturated heterocycles. The fraction of sp³-hybridized carbons (Fsp3) is 0.0400. The number of nitrogens with two attached hydrogens (primary N) is 1. The Bertz CT molecular complexity index is 1580. The summed E-state index contributed by atoms with van der Waals surface area (Å²) < 4.78 is 2.65. The van der Waals surface area contributed by atoms with Gasteiger partial charge in [0.15, 0.2) is 0 Å². The fourth-order valence-electron chi connectivity index (χ4n) is 3.32. The zero-order chi connectivity index (χ0) is 26.0. The number of rotatable bonds is 7. The van der Waals surface area contributed by atoms with Gasteiger partial charge in [-0.3, -0.25) is 9.59 Å². The van der Waals surface area contributed by atoms with E-state index in [-0.39, 0.29) is 27.7 Å². The molecule has 0 bridgehead atoms. The van der Waals surface area contributed by atoms with Gasteiger partial charge >= 0.3 is 0 Å². The molecule has 0 spiro atoms. The molecule has 0 unspecified atom stereocenters. The summed E-state index contributed by atoms with van der Waals surface area (Å²) in [6, 6.07) is 18.4. The van der Waals surface area contributed by atoms with E-state index in [9.17, 15) is 20.1 Å². The van der Waals surface area contributed by atoms with Crippen molar-refractivity contribution in [2.24, 2.45) is 0 Å². The second kappa shape index (κ2) is 11.3. The predicted octanol–water partition coefficient (Wildman–Crippen LogP) is 7.27. The summed E-state index contributed by atoms with van der Waals surface area (Å²) in [5.41, 5.74) is 7.95. The van der Waals surface area contributed by atoms with Crippen molar-refractivity contribution in [1.82, 2.24) is 0 Å². The van der Waals surface area contributed by atoms with Crippen LogP contribution in [-0.4, -0.2) is 17.8 Å². The number of halogens is 2. The van der Waals surface area contributed by atoms with Crippen LogP contribution in [0.5, 0.6) is 0 Å². The first-order valence-corrected chi connectivity index (χ1v) is 15.1. The van der Waals surface area contributed by atoms with Crippen LogP contribution < -0.4 is 11.1 Å². The molecule has 0 fully saturated rings. The number of hydrogen-bond acceptors (Lipinski definition) is 9. The van der Waals surface area contributed by atoms with Gasteiger partial charge in [-0.15, -0.1) is 34.4 Å². The number of ketones is 2. The van der Waals surface area contributed by atoms with E-state index in [4.69, 9.17) is 5.73 Å². The van der Waals surface area contributed by atoms with Gasteiger partial charge in [0.2, 0.25) is 11.6 Å². The zero-order valence-corrected chi connectivity index (χ0v) is 25.2. The van der Waals surface area contributed by atoms with Crippen molar-refractivity contribution in [2.75, 3.05) is 17.3 Å². The number of nitrogens with one attached hydrogen (secondary N) is 1. The van der Waals surface area contributed by atoms with Crippen LogP contribution in [0.25, 0.3) is 0 Å². The molecule has 2 heterocycles. The number of nitrogen functional groups attached to an aromatic ring is 1. The Morgan fingerprint density at radius 3 is 1.83 bits per heavy atom. The molecule has 4 rings (SSSR count). The molecular formula is C25H14I2N4O2S3. The zero-order valence-electron chi connectivity index (χ0n) is 18.4. The number of nitrogens with zero attached hydrogens (tertiary/aromatic N) is 2.